The number of alkyl carbamates (subject to hydrolysis) is 1. The fraction of sp³-hybridized carbons (Fsp3) is 0.231. The fourth-order valence-corrected chi connectivity index (χ4v) is 1.63. The van der Waals surface area contributed by atoms with E-state index in [0.29, 0.717) is 0 Å². The summed E-state index contributed by atoms with van der Waals surface area (Å²) in [6.45, 7) is 3.25. The number of carboxylic acids is 1. The van der Waals surface area contributed by atoms with Crippen LogP contribution in [0.15, 0.2) is 30.9 Å². The number of nitrogens with one attached hydrogen (secondary N) is 1. The molecular formula is C13H15BFNO6. The van der Waals surface area contributed by atoms with Gasteiger partial charge in [0.15, 0.2) is 0 Å². The summed E-state index contributed by atoms with van der Waals surface area (Å²) in [6.07, 6.45) is 0.0234. The summed E-state index contributed by atoms with van der Waals surface area (Å²) in [5.74, 6) is -2.17. The summed E-state index contributed by atoms with van der Waals surface area (Å²) in [4.78, 5) is 22.4. The van der Waals surface area contributed by atoms with Crippen LogP contribution in [0.3, 0.4) is 0 Å². The molecule has 0 heterocycles. The number of hydrogen-bond acceptors (Lipinski definition) is 5. The molecule has 0 radical (unpaired) electrons. The van der Waals surface area contributed by atoms with Crippen molar-refractivity contribution < 1.29 is 33.9 Å². The summed E-state index contributed by atoms with van der Waals surface area (Å²) >= 11 is 0. The number of hydrogen-bond donors (Lipinski definition) is 4. The first-order valence-electron chi connectivity index (χ1n) is 6.26. The standard InChI is InChI=1S/C13H15BFNO6/c1-2-5-22-13(19)16-11(12(17)18)6-8-3-4-9(14(20)21)7-10(8)15/h2-4,7,11,20-21H,1,5-6H2,(H,16,19)(H,17,18)/t11-/m0/s1. The summed E-state index contributed by atoms with van der Waals surface area (Å²) < 4.78 is 18.4. The van der Waals surface area contributed by atoms with Gasteiger partial charge in [0.1, 0.15) is 18.5 Å². The van der Waals surface area contributed by atoms with E-state index in [1.54, 1.807) is 0 Å². The van der Waals surface area contributed by atoms with Crippen molar-refractivity contribution in [1.29, 1.82) is 0 Å². The normalized spacial score (nSPS) is 11.4. The molecule has 0 saturated carbocycles. The first-order valence-corrected chi connectivity index (χ1v) is 6.26. The molecule has 1 aromatic rings. The van der Waals surface area contributed by atoms with Crippen molar-refractivity contribution in [2.75, 3.05) is 6.61 Å². The molecule has 0 saturated heterocycles. The van der Waals surface area contributed by atoms with Crippen molar-refractivity contribution in [2.45, 2.75) is 12.5 Å². The van der Waals surface area contributed by atoms with E-state index in [-0.39, 0.29) is 24.1 Å². The number of benzene rings is 1. The Kier molecular flexibility index (Phi) is 6.55. The largest absolute Gasteiger partial charge is 0.488 e. The molecule has 0 unspecified atom stereocenters. The minimum atomic E-state index is -1.83. The van der Waals surface area contributed by atoms with Gasteiger partial charge in [-0.15, -0.1) is 0 Å². The Hall–Kier alpha value is -2.39. The zero-order valence-electron chi connectivity index (χ0n) is 11.5. The second kappa shape index (κ2) is 8.15. The maximum atomic E-state index is 13.8. The molecule has 1 amide bonds. The average molecular weight is 311 g/mol. The molecule has 1 rings (SSSR count). The zero-order valence-corrected chi connectivity index (χ0v) is 11.5. The van der Waals surface area contributed by atoms with E-state index in [0.717, 1.165) is 6.07 Å². The van der Waals surface area contributed by atoms with Crippen LogP contribution in [0.25, 0.3) is 0 Å². The van der Waals surface area contributed by atoms with Crippen LogP contribution in [0.5, 0.6) is 0 Å². The Labute approximate surface area is 126 Å². The number of carboxylic acid groups (broad SMARTS) is 1. The molecule has 0 aliphatic carbocycles. The highest BCUT2D eigenvalue weighted by atomic mass is 19.1. The molecule has 22 heavy (non-hydrogen) atoms. The van der Waals surface area contributed by atoms with Gasteiger partial charge in [0, 0.05) is 6.42 Å². The average Bonchev–Trinajstić information content (AvgIpc) is 2.45. The lowest BCUT2D eigenvalue weighted by molar-refractivity contribution is -0.139. The van der Waals surface area contributed by atoms with Gasteiger partial charge < -0.3 is 25.2 Å². The van der Waals surface area contributed by atoms with E-state index in [4.69, 9.17) is 15.2 Å². The fourth-order valence-electron chi connectivity index (χ4n) is 1.63. The van der Waals surface area contributed by atoms with Gasteiger partial charge >= 0.3 is 19.2 Å². The zero-order chi connectivity index (χ0) is 16.7. The van der Waals surface area contributed by atoms with Gasteiger partial charge in [-0.1, -0.05) is 24.8 Å². The van der Waals surface area contributed by atoms with Gasteiger partial charge in [0.2, 0.25) is 0 Å². The van der Waals surface area contributed by atoms with E-state index >= 15 is 0 Å². The van der Waals surface area contributed by atoms with Crippen molar-refractivity contribution in [3.05, 3.63) is 42.2 Å². The van der Waals surface area contributed by atoms with Crippen LogP contribution in [-0.4, -0.2) is 47.0 Å². The predicted molar refractivity (Wildman–Crippen MR) is 76.0 cm³/mol. The monoisotopic (exact) mass is 311 g/mol. The van der Waals surface area contributed by atoms with Crippen LogP contribution in [0.4, 0.5) is 9.18 Å². The number of carbonyl (C=O) groups excluding carboxylic acids is 1. The van der Waals surface area contributed by atoms with E-state index in [2.05, 4.69) is 16.6 Å². The summed E-state index contributed by atoms with van der Waals surface area (Å²) in [7, 11) is -1.83. The molecule has 0 aliphatic heterocycles. The van der Waals surface area contributed by atoms with Gasteiger partial charge in [-0.25, -0.2) is 14.0 Å². The van der Waals surface area contributed by atoms with Crippen molar-refractivity contribution in [3.8, 4) is 0 Å². The second-order valence-electron chi connectivity index (χ2n) is 4.35. The lowest BCUT2D eigenvalue weighted by Gasteiger charge is -2.15. The highest BCUT2D eigenvalue weighted by Crippen LogP contribution is 2.09. The third-order valence-corrected chi connectivity index (χ3v) is 2.72. The molecular weight excluding hydrogens is 296 g/mol. The van der Waals surface area contributed by atoms with E-state index < -0.39 is 31.0 Å². The number of ether oxygens (including phenoxy) is 1. The Morgan fingerprint density at radius 3 is 2.64 bits per heavy atom. The molecule has 0 aromatic heterocycles. The molecule has 4 N–H and O–H groups in total. The highest BCUT2D eigenvalue weighted by Gasteiger charge is 2.23. The third-order valence-electron chi connectivity index (χ3n) is 2.72. The summed E-state index contributed by atoms with van der Waals surface area (Å²) in [5, 5.41) is 29.0. The summed E-state index contributed by atoms with van der Waals surface area (Å²) in [6, 6.07) is 1.96. The lowest BCUT2D eigenvalue weighted by atomic mass is 9.79. The Bertz CT molecular complexity index is 565. The number of carbonyl (C=O) groups is 2. The second-order valence-corrected chi connectivity index (χ2v) is 4.35. The molecule has 118 valence electrons. The number of aliphatic carboxylic acids is 1. The predicted octanol–water partition coefficient (Wildman–Crippen LogP) is -0.587. The van der Waals surface area contributed by atoms with E-state index in [1.807, 2.05) is 0 Å². The van der Waals surface area contributed by atoms with Crippen LogP contribution in [0.1, 0.15) is 5.56 Å². The molecule has 7 nitrogen and oxygen atoms in total. The molecule has 0 aliphatic rings. The Morgan fingerprint density at radius 2 is 2.14 bits per heavy atom. The number of amides is 1. The van der Waals surface area contributed by atoms with Crippen LogP contribution in [0.2, 0.25) is 0 Å². The first kappa shape index (κ1) is 17.7. The molecule has 0 bridgehead atoms. The van der Waals surface area contributed by atoms with Crippen molar-refractivity contribution in [1.82, 2.24) is 5.32 Å². The molecule has 0 spiro atoms. The first-order chi connectivity index (χ1) is 10.3. The minimum absolute atomic E-state index is 0.000760. The molecule has 1 aromatic carbocycles. The van der Waals surface area contributed by atoms with Crippen LogP contribution in [0, 0.1) is 5.82 Å². The van der Waals surface area contributed by atoms with Gasteiger partial charge in [-0.2, -0.15) is 0 Å². The SMILES string of the molecule is C=CCOC(=O)N[C@@H](Cc1ccc(B(O)O)cc1F)C(=O)O. The molecule has 0 fully saturated rings. The maximum Gasteiger partial charge on any atom is 0.488 e. The summed E-state index contributed by atoms with van der Waals surface area (Å²) in [5.41, 5.74) is -0.0627. The Balaban J connectivity index is 2.81. The number of halogens is 1. The van der Waals surface area contributed by atoms with E-state index in [1.165, 1.54) is 18.2 Å². The van der Waals surface area contributed by atoms with Crippen molar-refractivity contribution >= 4 is 24.6 Å². The third kappa shape index (κ3) is 5.19. The topological polar surface area (TPSA) is 116 Å². The van der Waals surface area contributed by atoms with Gasteiger partial charge in [-0.3, -0.25) is 0 Å². The smallest absolute Gasteiger partial charge is 0.480 e. The van der Waals surface area contributed by atoms with E-state index in [9.17, 15) is 14.0 Å². The number of rotatable bonds is 7. The molecule has 9 heteroatoms. The quantitative estimate of drug-likeness (QED) is 0.395. The van der Waals surface area contributed by atoms with Crippen LogP contribution in [-0.2, 0) is 16.0 Å². The Morgan fingerprint density at radius 1 is 1.45 bits per heavy atom. The molecule has 1 atom stereocenters. The van der Waals surface area contributed by atoms with Gasteiger partial charge in [0.05, 0.1) is 0 Å². The van der Waals surface area contributed by atoms with Crippen LogP contribution < -0.4 is 10.8 Å². The van der Waals surface area contributed by atoms with Crippen molar-refractivity contribution in [2.24, 2.45) is 0 Å². The van der Waals surface area contributed by atoms with Crippen molar-refractivity contribution in [3.63, 3.8) is 0 Å². The van der Waals surface area contributed by atoms with Crippen LogP contribution >= 0.6 is 0 Å². The van der Waals surface area contributed by atoms with Gasteiger partial charge in [-0.05, 0) is 17.1 Å². The maximum absolute atomic E-state index is 13.8. The highest BCUT2D eigenvalue weighted by molar-refractivity contribution is 6.58. The van der Waals surface area contributed by atoms with Gasteiger partial charge in [0.25, 0.3) is 0 Å². The minimum Gasteiger partial charge on any atom is -0.480 e. The lowest BCUT2D eigenvalue weighted by Crippen LogP contribution is -2.43.